The van der Waals surface area contributed by atoms with Gasteiger partial charge in [-0.15, -0.1) is 11.6 Å². The van der Waals surface area contributed by atoms with Crippen LogP contribution in [0.3, 0.4) is 0 Å². The van der Waals surface area contributed by atoms with E-state index >= 15 is 0 Å². The van der Waals surface area contributed by atoms with E-state index in [2.05, 4.69) is 15.9 Å². The van der Waals surface area contributed by atoms with E-state index in [4.69, 9.17) is 11.6 Å². The summed E-state index contributed by atoms with van der Waals surface area (Å²) in [4.78, 5) is 11.2. The lowest BCUT2D eigenvalue weighted by Gasteiger charge is -2.17. The Labute approximate surface area is 93.7 Å². The Morgan fingerprint density at radius 2 is 2.08 bits per heavy atom. The predicted octanol–water partition coefficient (Wildman–Crippen LogP) is 3.55. The molecule has 0 amide bonds. The van der Waals surface area contributed by atoms with Crippen molar-refractivity contribution in [3.63, 3.8) is 0 Å². The summed E-state index contributed by atoms with van der Waals surface area (Å²) < 4.78 is 0. The van der Waals surface area contributed by atoms with Crippen molar-refractivity contribution in [3.8, 4) is 0 Å². The fourth-order valence-electron chi connectivity index (χ4n) is 1.36. The fourth-order valence-corrected chi connectivity index (χ4v) is 2.05. The second-order valence-electron chi connectivity index (χ2n) is 3.16. The van der Waals surface area contributed by atoms with Crippen LogP contribution in [0.5, 0.6) is 0 Å². The van der Waals surface area contributed by atoms with Gasteiger partial charge in [-0.1, -0.05) is 28.9 Å². The van der Waals surface area contributed by atoms with Crippen LogP contribution in [0.25, 0.3) is 0 Å². The molecule has 0 spiro atoms. The van der Waals surface area contributed by atoms with Crippen LogP contribution in [-0.4, -0.2) is 16.5 Å². The highest BCUT2D eigenvalue weighted by Gasteiger charge is 2.18. The molecule has 2 unspecified atom stereocenters. The Balaban J connectivity index is 4.45. The molecule has 0 saturated heterocycles. The van der Waals surface area contributed by atoms with Gasteiger partial charge in [0.1, 0.15) is 6.29 Å². The molecule has 1 nitrogen and oxygen atoms in total. The van der Waals surface area contributed by atoms with E-state index in [1.807, 2.05) is 26.8 Å². The normalized spacial score (nSPS) is 19.3. The first kappa shape index (κ1) is 13.2. The molecule has 0 rings (SSSR count). The molecule has 0 aliphatic carbocycles. The maximum atomic E-state index is 10.8. The molecule has 3 heteroatoms. The van der Waals surface area contributed by atoms with Crippen molar-refractivity contribution in [3.05, 3.63) is 11.6 Å². The molecule has 0 aliphatic heterocycles. The first-order valence-corrected chi connectivity index (χ1v) is 5.77. The number of hydrogen-bond donors (Lipinski definition) is 0. The molecular weight excluding hydrogens is 251 g/mol. The minimum Gasteiger partial charge on any atom is -0.303 e. The zero-order chi connectivity index (χ0) is 10.4. The van der Waals surface area contributed by atoms with Gasteiger partial charge in [-0.05, 0) is 25.8 Å². The van der Waals surface area contributed by atoms with Gasteiger partial charge in [0.2, 0.25) is 0 Å². The zero-order valence-electron chi connectivity index (χ0n) is 8.26. The highest BCUT2D eigenvalue weighted by molar-refractivity contribution is 9.09. The van der Waals surface area contributed by atoms with Crippen molar-refractivity contribution in [1.29, 1.82) is 0 Å². The molecule has 13 heavy (non-hydrogen) atoms. The Morgan fingerprint density at radius 1 is 1.54 bits per heavy atom. The van der Waals surface area contributed by atoms with E-state index < -0.39 is 0 Å². The molecule has 0 bridgehead atoms. The van der Waals surface area contributed by atoms with Gasteiger partial charge in [0, 0.05) is 10.7 Å². The van der Waals surface area contributed by atoms with Crippen LogP contribution in [0.15, 0.2) is 11.6 Å². The molecule has 0 N–H and O–H groups in total. The summed E-state index contributed by atoms with van der Waals surface area (Å²) in [6.45, 7) is 5.85. The van der Waals surface area contributed by atoms with Crippen molar-refractivity contribution in [2.45, 2.75) is 37.4 Å². The lowest BCUT2D eigenvalue weighted by atomic mass is 9.93. The summed E-state index contributed by atoms with van der Waals surface area (Å²) in [5.41, 5.74) is 1.02. The Hall–Kier alpha value is 0.180. The third kappa shape index (κ3) is 4.82. The minimum absolute atomic E-state index is 0.0492. The number of carbonyl (C=O) groups excluding carboxylic acids is 1. The van der Waals surface area contributed by atoms with Gasteiger partial charge in [-0.2, -0.15) is 0 Å². The highest BCUT2D eigenvalue weighted by atomic mass is 79.9. The van der Waals surface area contributed by atoms with Gasteiger partial charge >= 0.3 is 0 Å². The molecule has 0 radical (unpaired) electrons. The fraction of sp³-hybridized carbons (Fsp3) is 0.700. The van der Waals surface area contributed by atoms with Crippen LogP contribution in [-0.2, 0) is 4.79 Å². The van der Waals surface area contributed by atoms with Crippen molar-refractivity contribution in [2.24, 2.45) is 5.92 Å². The van der Waals surface area contributed by atoms with Gasteiger partial charge in [0.15, 0.2) is 0 Å². The third-order valence-electron chi connectivity index (χ3n) is 1.96. The van der Waals surface area contributed by atoms with Crippen LogP contribution in [0.2, 0.25) is 0 Å². The van der Waals surface area contributed by atoms with Crippen LogP contribution < -0.4 is 0 Å². The zero-order valence-corrected chi connectivity index (χ0v) is 10.6. The smallest absolute Gasteiger partial charge is 0.127 e. The topological polar surface area (TPSA) is 17.1 Å². The molecule has 0 aromatic carbocycles. The van der Waals surface area contributed by atoms with Gasteiger partial charge in [0.25, 0.3) is 0 Å². The number of carbonyl (C=O) groups is 1. The molecule has 0 aromatic heterocycles. The van der Waals surface area contributed by atoms with E-state index in [0.29, 0.717) is 4.83 Å². The monoisotopic (exact) mass is 266 g/mol. The molecule has 0 fully saturated rings. The Bertz CT molecular complexity index is 187. The molecule has 0 saturated carbocycles. The summed E-state index contributed by atoms with van der Waals surface area (Å²) in [7, 11) is 0. The number of aldehydes is 1. The van der Waals surface area contributed by atoms with Crippen LogP contribution >= 0.6 is 27.5 Å². The largest absolute Gasteiger partial charge is 0.303 e. The van der Waals surface area contributed by atoms with E-state index in [1.165, 1.54) is 0 Å². The van der Waals surface area contributed by atoms with E-state index in [9.17, 15) is 4.79 Å². The number of allylic oxidation sites excluding steroid dienone is 2. The highest BCUT2D eigenvalue weighted by Crippen LogP contribution is 2.24. The molecule has 0 aromatic rings. The quantitative estimate of drug-likeness (QED) is 0.423. The predicted molar refractivity (Wildman–Crippen MR) is 61.6 cm³/mol. The molecule has 3 atom stereocenters. The molecule has 76 valence electrons. The van der Waals surface area contributed by atoms with E-state index in [-0.39, 0.29) is 11.3 Å². The van der Waals surface area contributed by atoms with Crippen molar-refractivity contribution < 1.29 is 4.79 Å². The maximum Gasteiger partial charge on any atom is 0.127 e. The minimum atomic E-state index is -0.0635. The van der Waals surface area contributed by atoms with Gasteiger partial charge in [0.05, 0.1) is 5.38 Å². The first-order chi connectivity index (χ1) is 6.02. The van der Waals surface area contributed by atoms with Gasteiger partial charge in [-0.25, -0.2) is 0 Å². The van der Waals surface area contributed by atoms with Gasteiger partial charge < -0.3 is 4.79 Å². The average Bonchev–Trinajstić information content (AvgIpc) is 2.02. The first-order valence-electron chi connectivity index (χ1n) is 4.42. The van der Waals surface area contributed by atoms with Crippen molar-refractivity contribution >= 4 is 33.8 Å². The standard InChI is InChI=1S/C10H16BrClO/c1-4-10(8(3)12)9(6-13)5-7(2)11/h4,6-9H,5H2,1-3H3/b10-4+/t7?,8-,9?/m0/s1. The average molecular weight is 268 g/mol. The van der Waals surface area contributed by atoms with Crippen LogP contribution in [0.4, 0.5) is 0 Å². The number of halogens is 2. The van der Waals surface area contributed by atoms with Crippen molar-refractivity contribution in [2.75, 3.05) is 0 Å². The van der Waals surface area contributed by atoms with E-state index in [0.717, 1.165) is 18.3 Å². The maximum absolute atomic E-state index is 10.8. The van der Waals surface area contributed by atoms with Crippen LogP contribution in [0, 0.1) is 5.92 Å². The lowest BCUT2D eigenvalue weighted by Crippen LogP contribution is -2.15. The lowest BCUT2D eigenvalue weighted by molar-refractivity contribution is -0.110. The second-order valence-corrected chi connectivity index (χ2v) is 5.38. The number of hydrogen-bond acceptors (Lipinski definition) is 1. The van der Waals surface area contributed by atoms with Crippen LogP contribution in [0.1, 0.15) is 27.2 Å². The molecule has 0 aliphatic rings. The second kappa shape index (κ2) is 6.61. The summed E-state index contributed by atoms with van der Waals surface area (Å²) >= 11 is 9.39. The van der Waals surface area contributed by atoms with Crippen molar-refractivity contribution in [1.82, 2.24) is 0 Å². The molecular formula is C10H16BrClO. The van der Waals surface area contributed by atoms with Gasteiger partial charge in [-0.3, -0.25) is 0 Å². The summed E-state index contributed by atoms with van der Waals surface area (Å²) in [5.74, 6) is -0.0492. The number of alkyl halides is 2. The Morgan fingerprint density at radius 3 is 2.31 bits per heavy atom. The third-order valence-corrected chi connectivity index (χ3v) is 2.59. The number of rotatable bonds is 5. The SMILES string of the molecule is C/C=C(/C(C=O)CC(C)Br)[C@H](C)Cl. The molecule has 0 heterocycles. The Kier molecular flexibility index (Phi) is 6.70. The summed E-state index contributed by atoms with van der Waals surface area (Å²) in [5, 5.41) is -0.0635. The summed E-state index contributed by atoms with van der Waals surface area (Å²) in [6.07, 6.45) is 3.72. The van der Waals surface area contributed by atoms with E-state index in [1.54, 1.807) is 0 Å². The summed E-state index contributed by atoms with van der Waals surface area (Å²) in [6, 6.07) is 0.